The van der Waals surface area contributed by atoms with Crippen LogP contribution in [0.5, 0.6) is 0 Å². The normalized spacial score (nSPS) is 31.3. The first-order chi connectivity index (χ1) is 21.3. The predicted octanol–water partition coefficient (Wildman–Crippen LogP) is 2.07. The lowest BCUT2D eigenvalue weighted by atomic mass is 9.79. The van der Waals surface area contributed by atoms with Gasteiger partial charge in [-0.05, 0) is 45.8 Å². The number of aliphatic hydroxyl groups is 1. The molecule has 0 aromatic heterocycles. The fourth-order valence-electron chi connectivity index (χ4n) is 5.69. The van der Waals surface area contributed by atoms with Crippen LogP contribution in [0.4, 0.5) is 18.0 Å². The molecule has 7 atom stereocenters. The molecule has 17 heteroatoms. The van der Waals surface area contributed by atoms with E-state index in [0.717, 1.165) is 22.7 Å². The Hall–Kier alpha value is -2.99. The zero-order valence-corrected chi connectivity index (χ0v) is 26.4. The van der Waals surface area contributed by atoms with Crippen molar-refractivity contribution in [1.82, 2.24) is 31.6 Å². The fourth-order valence-corrected chi connectivity index (χ4v) is 6.82. The van der Waals surface area contributed by atoms with E-state index in [1.54, 1.807) is 30.3 Å². The monoisotopic (exact) mass is 658 g/mol. The number of amides is 2. The summed E-state index contributed by atoms with van der Waals surface area (Å²) >= 11 is 1.07. The summed E-state index contributed by atoms with van der Waals surface area (Å²) in [5, 5.41) is 26.9. The molecule has 1 saturated heterocycles. The number of halogens is 3. The molecule has 250 valence electrons. The fraction of sp³-hybridized carbons (Fsp3) is 0.679. The number of morpholine rings is 1. The summed E-state index contributed by atoms with van der Waals surface area (Å²) in [6, 6.07) is -0.881. The average Bonchev–Trinajstić information content (AvgIpc) is 3.68. The molecule has 0 aromatic carbocycles. The third kappa shape index (κ3) is 8.24. The Labute approximate surface area is 264 Å². The standard InChI is InChI=1S/C28H41F3N8O5S/c1-5-33-25(40)36-21-9-17(24-35-20(14-45-24)28(29,30)31)18(12-34-21)15-8-16(11-32-10-15)22-37-38-23(43-22)19-13-42-7-6-39(19)26(41)44-27(2,3)4/h9-11,14,16-19,22,24,26,34-35,37,41H,5-8,12-13H2,1-4H3,(H2,33,36,40)/t16?,17?,18?,19-,22?,24?,26?/m0/s1. The van der Waals surface area contributed by atoms with Gasteiger partial charge in [0, 0.05) is 49.3 Å². The summed E-state index contributed by atoms with van der Waals surface area (Å²) in [5.74, 6) is -0.0977. The average molecular weight is 659 g/mol. The van der Waals surface area contributed by atoms with Crippen LogP contribution in [-0.4, -0.2) is 96.8 Å². The second-order valence-corrected chi connectivity index (χ2v) is 13.2. The van der Waals surface area contributed by atoms with Gasteiger partial charge in [0.25, 0.3) is 0 Å². The van der Waals surface area contributed by atoms with Crippen LogP contribution in [0.15, 0.2) is 44.9 Å². The zero-order valence-electron chi connectivity index (χ0n) is 25.6. The molecule has 0 spiro atoms. The summed E-state index contributed by atoms with van der Waals surface area (Å²) in [4.78, 5) is 18.4. The van der Waals surface area contributed by atoms with Gasteiger partial charge in [-0.3, -0.25) is 15.7 Å². The lowest BCUT2D eigenvalue weighted by Gasteiger charge is -2.39. The van der Waals surface area contributed by atoms with Gasteiger partial charge in [-0.2, -0.15) is 13.2 Å². The number of carbonyl (C=O) groups excluding carboxylic acids is 1. The lowest BCUT2D eigenvalue weighted by Crippen LogP contribution is -2.56. The molecule has 0 saturated carbocycles. The molecule has 1 fully saturated rings. The minimum atomic E-state index is -4.49. The predicted molar refractivity (Wildman–Crippen MR) is 162 cm³/mol. The summed E-state index contributed by atoms with van der Waals surface area (Å²) in [6.45, 7) is 9.27. The first-order valence-corrected chi connectivity index (χ1v) is 15.9. The van der Waals surface area contributed by atoms with Crippen LogP contribution >= 0.6 is 11.8 Å². The molecule has 0 aliphatic carbocycles. The molecule has 5 aliphatic rings. The highest BCUT2D eigenvalue weighted by Crippen LogP contribution is 2.42. The van der Waals surface area contributed by atoms with E-state index in [9.17, 15) is 23.1 Å². The summed E-state index contributed by atoms with van der Waals surface area (Å²) < 4.78 is 58.1. The molecule has 0 radical (unpaired) electrons. The van der Waals surface area contributed by atoms with Crippen LogP contribution in [0.1, 0.15) is 34.1 Å². The lowest BCUT2D eigenvalue weighted by molar-refractivity contribution is -0.256. The SMILES string of the molecule is CCNC(=O)NC1=CC(C2NC(C(F)(F)F)=CS2)C(C2=CN=CC(C3NN=C([C@@H]4COCCN4C(O)OC(C)(C)C)O3)C2)CN1. The summed E-state index contributed by atoms with van der Waals surface area (Å²) in [7, 11) is 0. The van der Waals surface area contributed by atoms with E-state index in [1.807, 2.05) is 20.8 Å². The number of carbonyl (C=O) groups is 1. The van der Waals surface area contributed by atoms with E-state index >= 15 is 0 Å². The number of nitrogens with one attached hydrogen (secondary N) is 5. The van der Waals surface area contributed by atoms with Crippen LogP contribution in [0, 0.1) is 17.8 Å². The highest BCUT2D eigenvalue weighted by molar-refractivity contribution is 8.03. The number of thioether (sulfide) groups is 1. The number of urea groups is 1. The van der Waals surface area contributed by atoms with Gasteiger partial charge >= 0.3 is 12.2 Å². The molecule has 2 amide bonds. The number of ether oxygens (including phenoxy) is 3. The van der Waals surface area contributed by atoms with Gasteiger partial charge < -0.3 is 35.3 Å². The number of hydrogen-bond acceptors (Lipinski definition) is 12. The molecule has 5 aliphatic heterocycles. The summed E-state index contributed by atoms with van der Waals surface area (Å²) in [5.41, 5.74) is 2.61. The Balaban J connectivity index is 1.26. The van der Waals surface area contributed by atoms with Gasteiger partial charge in [0.05, 0.1) is 30.1 Å². The van der Waals surface area contributed by atoms with E-state index in [-0.39, 0.29) is 18.4 Å². The van der Waals surface area contributed by atoms with Crippen LogP contribution in [0.2, 0.25) is 0 Å². The number of aliphatic imine (C=N–C) groups is 1. The molecule has 5 heterocycles. The topological polar surface area (TPSA) is 153 Å². The molecule has 6 N–H and O–H groups in total. The maximum atomic E-state index is 13.5. The number of allylic oxidation sites excluding steroid dienone is 1. The Morgan fingerprint density at radius 1 is 1.33 bits per heavy atom. The van der Waals surface area contributed by atoms with Gasteiger partial charge in [-0.25, -0.2) is 9.69 Å². The molecule has 5 rings (SSSR count). The Morgan fingerprint density at radius 2 is 2.13 bits per heavy atom. The first kappa shape index (κ1) is 33.4. The van der Waals surface area contributed by atoms with E-state index < -0.39 is 53.5 Å². The highest BCUT2D eigenvalue weighted by Gasteiger charge is 2.44. The Bertz CT molecular complexity index is 1250. The molecule has 0 bridgehead atoms. The second kappa shape index (κ2) is 13.8. The molecular formula is C28H41F3N8O5S. The third-order valence-corrected chi connectivity index (χ3v) is 8.91. The van der Waals surface area contributed by atoms with Gasteiger partial charge in [0.1, 0.15) is 17.6 Å². The number of hydrogen-bond donors (Lipinski definition) is 6. The van der Waals surface area contributed by atoms with E-state index in [0.29, 0.717) is 44.4 Å². The van der Waals surface area contributed by atoms with Crippen molar-refractivity contribution in [2.75, 3.05) is 32.8 Å². The number of alkyl halides is 3. The van der Waals surface area contributed by atoms with Gasteiger partial charge in [-0.1, -0.05) is 0 Å². The number of rotatable bonds is 8. The highest BCUT2D eigenvalue weighted by atomic mass is 32.2. The van der Waals surface area contributed by atoms with Crippen molar-refractivity contribution in [3.8, 4) is 0 Å². The van der Waals surface area contributed by atoms with Crippen molar-refractivity contribution in [2.24, 2.45) is 27.8 Å². The van der Waals surface area contributed by atoms with Crippen molar-refractivity contribution < 1.29 is 37.3 Å². The second-order valence-electron chi connectivity index (χ2n) is 12.2. The van der Waals surface area contributed by atoms with Crippen LogP contribution in [0.25, 0.3) is 0 Å². The molecule has 6 unspecified atom stereocenters. The van der Waals surface area contributed by atoms with Crippen molar-refractivity contribution in [3.63, 3.8) is 0 Å². The van der Waals surface area contributed by atoms with E-state index in [1.165, 1.54) is 0 Å². The van der Waals surface area contributed by atoms with Gasteiger partial charge in [0.2, 0.25) is 12.3 Å². The van der Waals surface area contributed by atoms with Crippen LogP contribution in [0.3, 0.4) is 0 Å². The van der Waals surface area contributed by atoms with E-state index in [4.69, 9.17) is 14.2 Å². The molecular weight excluding hydrogens is 617 g/mol. The quantitative estimate of drug-likeness (QED) is 0.214. The van der Waals surface area contributed by atoms with E-state index in [2.05, 4.69) is 36.8 Å². The molecule has 45 heavy (non-hydrogen) atoms. The maximum Gasteiger partial charge on any atom is 0.431 e. The van der Waals surface area contributed by atoms with Crippen LogP contribution < -0.4 is 26.7 Å². The number of hydrazone groups is 1. The number of aliphatic hydroxyl groups excluding tert-OH is 1. The van der Waals surface area contributed by atoms with Gasteiger partial charge in [-0.15, -0.1) is 16.9 Å². The Morgan fingerprint density at radius 3 is 2.84 bits per heavy atom. The summed E-state index contributed by atoms with van der Waals surface area (Å²) in [6.07, 6.45) is -0.443. The van der Waals surface area contributed by atoms with Crippen LogP contribution in [-0.2, 0) is 14.2 Å². The van der Waals surface area contributed by atoms with Crippen molar-refractivity contribution in [2.45, 2.75) is 70.0 Å². The maximum absolute atomic E-state index is 13.5. The molecule has 0 aromatic rings. The van der Waals surface area contributed by atoms with Crippen molar-refractivity contribution >= 4 is 29.9 Å². The third-order valence-electron chi connectivity index (χ3n) is 7.81. The largest absolute Gasteiger partial charge is 0.452 e. The molecule has 13 nitrogen and oxygen atoms in total. The van der Waals surface area contributed by atoms with Gasteiger partial charge in [0.15, 0.2) is 6.23 Å². The Kier molecular flexibility index (Phi) is 10.2. The van der Waals surface area contributed by atoms with Crippen molar-refractivity contribution in [3.05, 3.63) is 34.8 Å². The van der Waals surface area contributed by atoms with Crippen molar-refractivity contribution in [1.29, 1.82) is 0 Å². The zero-order chi connectivity index (χ0) is 32.4. The smallest absolute Gasteiger partial charge is 0.431 e. The number of nitrogens with zero attached hydrogens (tertiary/aromatic N) is 3. The minimum Gasteiger partial charge on any atom is -0.452 e. The first-order valence-electron chi connectivity index (χ1n) is 14.9. The minimum absolute atomic E-state index is 0.232.